The molecule has 1 aromatic rings. The summed E-state index contributed by atoms with van der Waals surface area (Å²) in [7, 11) is 1.77. The molecule has 2 nitrogen and oxygen atoms in total. The van der Waals surface area contributed by atoms with Crippen LogP contribution in [0.3, 0.4) is 0 Å². The lowest BCUT2D eigenvalue weighted by Crippen LogP contribution is -2.20. The molecule has 0 fully saturated rings. The van der Waals surface area contributed by atoms with Gasteiger partial charge >= 0.3 is 0 Å². The first kappa shape index (κ1) is 11.7. The highest BCUT2D eigenvalue weighted by atomic mass is 19.1. The van der Waals surface area contributed by atoms with Crippen LogP contribution in [0.2, 0.25) is 0 Å². The van der Waals surface area contributed by atoms with Crippen molar-refractivity contribution < 1.29 is 9.50 Å². The molecular formula is C12H16FNO. The molecule has 0 amide bonds. The molecule has 0 radical (unpaired) electrons. The fourth-order valence-corrected chi connectivity index (χ4v) is 1.56. The monoisotopic (exact) mass is 209 g/mol. The zero-order chi connectivity index (χ0) is 11.4. The van der Waals surface area contributed by atoms with Gasteiger partial charge in [-0.15, -0.1) is 6.58 Å². The topological polar surface area (TPSA) is 23.5 Å². The van der Waals surface area contributed by atoms with Gasteiger partial charge in [0.15, 0.2) is 0 Å². The summed E-state index contributed by atoms with van der Waals surface area (Å²) in [4.78, 5) is 1.73. The number of aliphatic hydroxyl groups is 1. The molecule has 0 aliphatic rings. The van der Waals surface area contributed by atoms with E-state index in [-0.39, 0.29) is 5.82 Å². The molecule has 0 heterocycles. The molecule has 1 rings (SSSR count). The lowest BCUT2D eigenvalue weighted by molar-refractivity contribution is 0.199. The maximum atomic E-state index is 13.6. The number of benzene rings is 1. The van der Waals surface area contributed by atoms with Gasteiger partial charge in [0.05, 0.1) is 11.8 Å². The highest BCUT2D eigenvalue weighted by molar-refractivity contribution is 5.55. The Hall–Kier alpha value is -1.35. The van der Waals surface area contributed by atoms with E-state index < -0.39 is 6.10 Å². The molecule has 0 aliphatic carbocycles. The van der Waals surface area contributed by atoms with E-state index in [0.717, 1.165) is 0 Å². The number of rotatable bonds is 4. The van der Waals surface area contributed by atoms with Gasteiger partial charge in [0.25, 0.3) is 0 Å². The minimum absolute atomic E-state index is 0.322. The van der Waals surface area contributed by atoms with Crippen molar-refractivity contribution in [2.45, 2.75) is 13.0 Å². The van der Waals surface area contributed by atoms with Gasteiger partial charge in [0, 0.05) is 19.2 Å². The fraction of sp³-hybridized carbons (Fsp3) is 0.333. The first-order valence-corrected chi connectivity index (χ1v) is 4.86. The second-order valence-electron chi connectivity index (χ2n) is 3.52. The van der Waals surface area contributed by atoms with Crippen molar-refractivity contribution in [1.29, 1.82) is 0 Å². The number of hydrogen-bond acceptors (Lipinski definition) is 2. The van der Waals surface area contributed by atoms with Crippen LogP contribution in [0.25, 0.3) is 0 Å². The molecule has 0 saturated heterocycles. The number of hydrogen-bond donors (Lipinski definition) is 1. The molecule has 0 aliphatic heterocycles. The smallest absolute Gasteiger partial charge is 0.146 e. The van der Waals surface area contributed by atoms with E-state index in [0.29, 0.717) is 17.8 Å². The van der Waals surface area contributed by atoms with Gasteiger partial charge in [-0.25, -0.2) is 4.39 Å². The summed E-state index contributed by atoms with van der Waals surface area (Å²) < 4.78 is 13.6. The molecule has 1 aromatic carbocycles. The predicted octanol–water partition coefficient (Wildman–Crippen LogP) is 2.50. The normalized spacial score (nSPS) is 12.3. The summed E-state index contributed by atoms with van der Waals surface area (Å²) in [5.74, 6) is -0.322. The van der Waals surface area contributed by atoms with Gasteiger partial charge < -0.3 is 10.0 Å². The van der Waals surface area contributed by atoms with Crippen LogP contribution in [0.4, 0.5) is 10.1 Å². The SMILES string of the molecule is C=CCN(C)c1c(F)cccc1[C@@H](C)O. The van der Waals surface area contributed by atoms with Gasteiger partial charge in [-0.1, -0.05) is 18.2 Å². The van der Waals surface area contributed by atoms with Crippen molar-refractivity contribution in [1.82, 2.24) is 0 Å². The van der Waals surface area contributed by atoms with Crippen LogP contribution >= 0.6 is 0 Å². The lowest BCUT2D eigenvalue weighted by Gasteiger charge is -2.22. The van der Waals surface area contributed by atoms with E-state index in [1.165, 1.54) is 6.07 Å². The van der Waals surface area contributed by atoms with Crippen LogP contribution in [0.15, 0.2) is 30.9 Å². The highest BCUT2D eigenvalue weighted by Gasteiger charge is 2.14. The van der Waals surface area contributed by atoms with E-state index >= 15 is 0 Å². The number of likely N-dealkylation sites (N-methyl/N-ethyl adjacent to an activating group) is 1. The largest absolute Gasteiger partial charge is 0.389 e. The van der Waals surface area contributed by atoms with E-state index in [4.69, 9.17) is 0 Å². The number of nitrogens with zero attached hydrogens (tertiary/aromatic N) is 1. The maximum absolute atomic E-state index is 13.6. The summed E-state index contributed by atoms with van der Waals surface area (Å²) in [6.45, 7) is 5.77. The zero-order valence-electron chi connectivity index (χ0n) is 9.07. The number of halogens is 1. The Labute approximate surface area is 89.7 Å². The van der Waals surface area contributed by atoms with Crippen LogP contribution in [0.1, 0.15) is 18.6 Å². The van der Waals surface area contributed by atoms with E-state index in [1.54, 1.807) is 37.1 Å². The molecule has 0 bridgehead atoms. The van der Waals surface area contributed by atoms with Crippen LogP contribution in [0, 0.1) is 5.82 Å². The van der Waals surface area contributed by atoms with Gasteiger partial charge in [-0.3, -0.25) is 0 Å². The van der Waals surface area contributed by atoms with E-state index in [1.807, 2.05) is 0 Å². The maximum Gasteiger partial charge on any atom is 0.146 e. The average molecular weight is 209 g/mol. The van der Waals surface area contributed by atoms with Gasteiger partial charge in [-0.2, -0.15) is 0 Å². The number of para-hydroxylation sites is 1. The van der Waals surface area contributed by atoms with Crippen molar-refractivity contribution in [3.63, 3.8) is 0 Å². The fourth-order valence-electron chi connectivity index (χ4n) is 1.56. The second-order valence-corrected chi connectivity index (χ2v) is 3.52. The molecule has 1 N–H and O–H groups in total. The van der Waals surface area contributed by atoms with Crippen LogP contribution < -0.4 is 4.90 Å². The Morgan fingerprint density at radius 3 is 2.80 bits per heavy atom. The third-order valence-electron chi connectivity index (χ3n) is 2.25. The standard InChI is InChI=1S/C12H16FNO/c1-4-8-14(3)12-10(9(2)15)6-5-7-11(12)13/h4-7,9,15H,1,8H2,2-3H3/t9-/m1/s1. The molecule has 82 valence electrons. The van der Waals surface area contributed by atoms with Gasteiger partial charge in [-0.05, 0) is 13.0 Å². The summed E-state index contributed by atoms with van der Waals surface area (Å²) in [5, 5.41) is 9.53. The summed E-state index contributed by atoms with van der Waals surface area (Å²) in [6.07, 6.45) is 1.01. The Morgan fingerprint density at radius 1 is 1.60 bits per heavy atom. The van der Waals surface area contributed by atoms with E-state index in [2.05, 4.69) is 6.58 Å². The average Bonchev–Trinajstić information content (AvgIpc) is 2.17. The van der Waals surface area contributed by atoms with Crippen molar-refractivity contribution >= 4 is 5.69 Å². The highest BCUT2D eigenvalue weighted by Crippen LogP contribution is 2.28. The quantitative estimate of drug-likeness (QED) is 0.770. The summed E-state index contributed by atoms with van der Waals surface area (Å²) >= 11 is 0. The van der Waals surface area contributed by atoms with Gasteiger partial charge in [0.2, 0.25) is 0 Å². The minimum atomic E-state index is -0.678. The Bertz CT molecular complexity index is 349. The molecule has 0 spiro atoms. The predicted molar refractivity (Wildman–Crippen MR) is 60.5 cm³/mol. The van der Waals surface area contributed by atoms with Crippen molar-refractivity contribution in [2.24, 2.45) is 0 Å². The van der Waals surface area contributed by atoms with E-state index in [9.17, 15) is 9.50 Å². The first-order valence-electron chi connectivity index (χ1n) is 4.86. The molecule has 0 aromatic heterocycles. The molecule has 0 unspecified atom stereocenters. The van der Waals surface area contributed by atoms with Crippen molar-refractivity contribution in [3.05, 3.63) is 42.2 Å². The van der Waals surface area contributed by atoms with Crippen molar-refractivity contribution in [2.75, 3.05) is 18.5 Å². The Balaban J connectivity index is 3.17. The third kappa shape index (κ3) is 2.57. The van der Waals surface area contributed by atoms with Crippen LogP contribution in [-0.4, -0.2) is 18.7 Å². The molecule has 3 heteroatoms. The van der Waals surface area contributed by atoms with Gasteiger partial charge in [0.1, 0.15) is 5.82 Å². The molecule has 1 atom stereocenters. The second kappa shape index (κ2) is 4.94. The Morgan fingerprint density at radius 2 is 2.27 bits per heavy atom. The molecule has 0 saturated carbocycles. The number of anilines is 1. The molecular weight excluding hydrogens is 193 g/mol. The van der Waals surface area contributed by atoms with Crippen molar-refractivity contribution in [3.8, 4) is 0 Å². The van der Waals surface area contributed by atoms with Crippen LogP contribution in [-0.2, 0) is 0 Å². The lowest BCUT2D eigenvalue weighted by atomic mass is 10.1. The third-order valence-corrected chi connectivity index (χ3v) is 2.25. The summed E-state index contributed by atoms with van der Waals surface area (Å²) in [5.41, 5.74) is 1.03. The summed E-state index contributed by atoms with van der Waals surface area (Å²) in [6, 6.07) is 4.71. The number of aliphatic hydroxyl groups excluding tert-OH is 1. The van der Waals surface area contributed by atoms with Crippen LogP contribution in [0.5, 0.6) is 0 Å². The molecule has 15 heavy (non-hydrogen) atoms. The minimum Gasteiger partial charge on any atom is -0.389 e. The zero-order valence-corrected chi connectivity index (χ0v) is 9.07. The first-order chi connectivity index (χ1) is 7.07. The Kier molecular flexibility index (Phi) is 3.86.